The van der Waals surface area contributed by atoms with Gasteiger partial charge in [0.2, 0.25) is 0 Å². The molecule has 11 heavy (non-hydrogen) atoms. The van der Waals surface area contributed by atoms with Crippen molar-refractivity contribution in [3.63, 3.8) is 0 Å². The van der Waals surface area contributed by atoms with Gasteiger partial charge in [-0.2, -0.15) is 0 Å². The van der Waals surface area contributed by atoms with Gasteiger partial charge in [-0.15, -0.1) is 0 Å². The molecule has 0 saturated carbocycles. The van der Waals surface area contributed by atoms with Crippen molar-refractivity contribution in [1.29, 1.82) is 0 Å². The lowest BCUT2D eigenvalue weighted by Gasteiger charge is -2.21. The molecule has 1 atom stereocenters. The maximum absolute atomic E-state index is 10.2. The minimum absolute atomic E-state index is 0.310. The molecule has 0 radical (unpaired) electrons. The van der Waals surface area contributed by atoms with E-state index in [0.29, 0.717) is 11.7 Å². The molecule has 1 saturated heterocycles. The van der Waals surface area contributed by atoms with Crippen LogP contribution < -0.4 is 0 Å². The van der Waals surface area contributed by atoms with Crippen molar-refractivity contribution in [1.82, 2.24) is 0 Å². The first-order valence-corrected chi connectivity index (χ1v) is 5.17. The van der Waals surface area contributed by atoms with Crippen LogP contribution in [0.4, 0.5) is 0 Å². The smallest absolute Gasteiger partial charge is 0.0468 e. The van der Waals surface area contributed by atoms with Crippen molar-refractivity contribution in [2.24, 2.45) is 5.92 Å². The molecule has 4 heteroatoms. The summed E-state index contributed by atoms with van der Waals surface area (Å²) in [6.45, 7) is 1.60. The molecule has 0 bridgehead atoms. The number of hydrogen-bond donors (Lipinski definition) is 0. The van der Waals surface area contributed by atoms with Crippen LogP contribution >= 0.6 is 0 Å². The van der Waals surface area contributed by atoms with Crippen molar-refractivity contribution >= 4 is 11.1 Å². The largest absolute Gasteiger partial charge is 0.772 e. The van der Waals surface area contributed by atoms with Crippen LogP contribution in [0.3, 0.4) is 0 Å². The predicted molar refractivity (Wildman–Crippen MR) is 41.9 cm³/mol. The van der Waals surface area contributed by atoms with E-state index in [9.17, 15) is 8.76 Å². The molecule has 1 aliphatic heterocycles. The Hall–Kier alpha value is 0.0700. The Morgan fingerprint density at radius 1 is 1.45 bits per heavy atom. The molecule has 0 aromatic rings. The van der Waals surface area contributed by atoms with Crippen molar-refractivity contribution in [2.75, 3.05) is 19.0 Å². The molecule has 1 heterocycles. The van der Waals surface area contributed by atoms with Crippen LogP contribution in [0.15, 0.2) is 0 Å². The third-order valence-electron chi connectivity index (χ3n) is 2.03. The highest BCUT2D eigenvalue weighted by Crippen LogP contribution is 2.18. The second-order valence-electron chi connectivity index (χ2n) is 2.85. The summed E-state index contributed by atoms with van der Waals surface area (Å²) in [5.74, 6) is 0.881. The Bertz CT molecular complexity index is 132. The van der Waals surface area contributed by atoms with Gasteiger partial charge >= 0.3 is 0 Å². The van der Waals surface area contributed by atoms with Gasteiger partial charge in [-0.25, -0.2) is 0 Å². The van der Waals surface area contributed by atoms with Crippen molar-refractivity contribution in [2.45, 2.75) is 19.3 Å². The summed E-state index contributed by atoms with van der Waals surface area (Å²) >= 11 is -1.86. The predicted octanol–water partition coefficient (Wildman–Crippen LogP) is 0.682. The lowest BCUT2D eigenvalue weighted by atomic mass is 9.98. The Kier molecular flexibility index (Phi) is 4.04. The number of rotatable bonds is 3. The molecule has 0 aromatic carbocycles. The highest BCUT2D eigenvalue weighted by Gasteiger charge is 2.12. The van der Waals surface area contributed by atoms with Gasteiger partial charge in [-0.05, 0) is 25.2 Å². The van der Waals surface area contributed by atoms with Crippen LogP contribution in [0, 0.1) is 5.92 Å². The van der Waals surface area contributed by atoms with Crippen molar-refractivity contribution in [3.8, 4) is 0 Å². The quantitative estimate of drug-likeness (QED) is 0.596. The zero-order chi connectivity index (χ0) is 8.10. The fourth-order valence-corrected chi connectivity index (χ4v) is 1.82. The first-order valence-electron chi connectivity index (χ1n) is 3.92. The van der Waals surface area contributed by atoms with E-state index in [1.807, 2.05) is 0 Å². The standard InChI is InChI=1S/C7H14O3S/c8-11(9)6-3-7-1-4-10-5-2-7/h7H,1-6H2,(H,8,9)/p-1. The van der Waals surface area contributed by atoms with Crippen LogP contribution in [0.25, 0.3) is 0 Å². The zero-order valence-electron chi connectivity index (χ0n) is 6.45. The monoisotopic (exact) mass is 177 g/mol. The molecular formula is C7H13O3S-. The van der Waals surface area contributed by atoms with Gasteiger partial charge in [0.05, 0.1) is 0 Å². The lowest BCUT2D eigenvalue weighted by Crippen LogP contribution is -2.17. The minimum atomic E-state index is -1.86. The highest BCUT2D eigenvalue weighted by atomic mass is 32.2. The van der Waals surface area contributed by atoms with Crippen LogP contribution in [0.1, 0.15) is 19.3 Å². The SMILES string of the molecule is O=S([O-])CCC1CCOCC1. The fourth-order valence-electron chi connectivity index (χ4n) is 1.30. The average molecular weight is 177 g/mol. The molecule has 0 aromatic heterocycles. The van der Waals surface area contributed by atoms with E-state index in [4.69, 9.17) is 4.74 Å². The molecule has 0 aliphatic carbocycles. The molecule has 66 valence electrons. The Labute approximate surface area is 69.4 Å². The topological polar surface area (TPSA) is 49.4 Å². The first-order chi connectivity index (χ1) is 5.29. The van der Waals surface area contributed by atoms with Gasteiger partial charge in [-0.1, -0.05) is 11.1 Å². The molecule has 1 unspecified atom stereocenters. The molecule has 0 N–H and O–H groups in total. The molecule has 1 rings (SSSR count). The van der Waals surface area contributed by atoms with Gasteiger partial charge in [0.1, 0.15) is 0 Å². The van der Waals surface area contributed by atoms with E-state index < -0.39 is 11.1 Å². The van der Waals surface area contributed by atoms with E-state index in [2.05, 4.69) is 0 Å². The van der Waals surface area contributed by atoms with Crippen molar-refractivity contribution < 1.29 is 13.5 Å². The minimum Gasteiger partial charge on any atom is -0.772 e. The summed E-state index contributed by atoms with van der Waals surface area (Å²) in [6, 6.07) is 0. The second kappa shape index (κ2) is 4.85. The van der Waals surface area contributed by atoms with Gasteiger partial charge in [0, 0.05) is 19.0 Å². The van der Waals surface area contributed by atoms with Gasteiger partial charge in [-0.3, -0.25) is 4.21 Å². The third kappa shape index (κ3) is 3.84. The summed E-state index contributed by atoms with van der Waals surface area (Å²) in [5, 5.41) is 0. The van der Waals surface area contributed by atoms with E-state index >= 15 is 0 Å². The Balaban J connectivity index is 2.09. The zero-order valence-corrected chi connectivity index (χ0v) is 7.27. The van der Waals surface area contributed by atoms with Crippen molar-refractivity contribution in [3.05, 3.63) is 0 Å². The molecule has 0 amide bonds. The van der Waals surface area contributed by atoms with Gasteiger partial charge in [0.15, 0.2) is 0 Å². The van der Waals surface area contributed by atoms with E-state index in [-0.39, 0.29) is 0 Å². The van der Waals surface area contributed by atoms with E-state index in [1.54, 1.807) is 0 Å². The average Bonchev–Trinajstić information content (AvgIpc) is 2.03. The summed E-state index contributed by atoms with van der Waals surface area (Å²) < 4.78 is 25.6. The van der Waals surface area contributed by atoms with E-state index in [0.717, 1.165) is 32.5 Å². The van der Waals surface area contributed by atoms with Gasteiger partial charge in [0.25, 0.3) is 0 Å². The van der Waals surface area contributed by atoms with Crippen LogP contribution in [0.5, 0.6) is 0 Å². The van der Waals surface area contributed by atoms with Crippen LogP contribution in [-0.2, 0) is 15.8 Å². The fraction of sp³-hybridized carbons (Fsp3) is 1.00. The number of ether oxygens (including phenoxy) is 1. The summed E-state index contributed by atoms with van der Waals surface area (Å²) in [4.78, 5) is 0. The normalized spacial score (nSPS) is 23.4. The van der Waals surface area contributed by atoms with Gasteiger partial charge < -0.3 is 9.29 Å². The Morgan fingerprint density at radius 2 is 2.09 bits per heavy atom. The molecule has 1 aliphatic rings. The summed E-state index contributed by atoms with van der Waals surface area (Å²) in [6.07, 6.45) is 2.86. The molecule has 3 nitrogen and oxygen atoms in total. The first kappa shape index (κ1) is 9.16. The molecular weight excluding hydrogens is 164 g/mol. The second-order valence-corrected chi connectivity index (χ2v) is 3.87. The molecule has 1 fully saturated rings. The van der Waals surface area contributed by atoms with Crippen LogP contribution in [0.2, 0.25) is 0 Å². The summed E-state index contributed by atoms with van der Waals surface area (Å²) in [7, 11) is 0. The highest BCUT2D eigenvalue weighted by molar-refractivity contribution is 7.79. The maximum atomic E-state index is 10.2. The lowest BCUT2D eigenvalue weighted by molar-refractivity contribution is 0.0655. The maximum Gasteiger partial charge on any atom is 0.0468 e. The van der Waals surface area contributed by atoms with E-state index in [1.165, 1.54) is 0 Å². The summed E-state index contributed by atoms with van der Waals surface area (Å²) in [5.41, 5.74) is 0. The molecule has 0 spiro atoms. The van der Waals surface area contributed by atoms with Crippen LogP contribution in [-0.4, -0.2) is 27.7 Å². The Morgan fingerprint density at radius 3 is 2.64 bits per heavy atom. The third-order valence-corrected chi connectivity index (χ3v) is 2.60. The number of hydrogen-bond acceptors (Lipinski definition) is 3.